The zero-order chi connectivity index (χ0) is 23.8. The molecule has 0 saturated heterocycles. The van der Waals surface area contributed by atoms with Crippen molar-refractivity contribution >= 4 is 28.3 Å². The van der Waals surface area contributed by atoms with Gasteiger partial charge < -0.3 is 15.4 Å². The first-order valence-corrected chi connectivity index (χ1v) is 11.3. The van der Waals surface area contributed by atoms with Crippen LogP contribution in [0.25, 0.3) is 10.8 Å². The first-order valence-electron chi connectivity index (χ1n) is 11.3. The maximum Gasteiger partial charge on any atom is 0.272 e. The van der Waals surface area contributed by atoms with E-state index in [4.69, 9.17) is 4.74 Å². The van der Waals surface area contributed by atoms with Gasteiger partial charge in [-0.15, -0.1) is 5.53 Å². The number of rotatable bonds is 10. The van der Waals surface area contributed by atoms with E-state index in [-0.39, 0.29) is 17.5 Å². The molecule has 5 N–H and O–H groups in total. The van der Waals surface area contributed by atoms with Crippen molar-refractivity contribution in [3.63, 3.8) is 0 Å². The Bertz CT molecular complexity index is 1200. The molecule has 1 aromatic heterocycles. The molecule has 2 aromatic carbocycles. The largest absolute Gasteiger partial charge is 0.380 e. The van der Waals surface area contributed by atoms with Crippen molar-refractivity contribution in [3.8, 4) is 0 Å². The lowest BCUT2D eigenvalue weighted by atomic mass is 9.98. The van der Waals surface area contributed by atoms with Crippen LogP contribution in [0, 0.1) is 0 Å². The van der Waals surface area contributed by atoms with Crippen LogP contribution in [0.4, 0.5) is 5.69 Å². The summed E-state index contributed by atoms with van der Waals surface area (Å²) in [6, 6.07) is 15.0. The molecule has 0 bridgehead atoms. The number of aromatic nitrogens is 1. The highest BCUT2D eigenvalue weighted by atomic mass is 16.5. The first kappa shape index (κ1) is 23.2. The number of anilines is 1. The second kappa shape index (κ2) is 11.3. The molecule has 0 fully saturated rings. The summed E-state index contributed by atoms with van der Waals surface area (Å²) in [6.07, 6.45) is 6.27. The molecule has 34 heavy (non-hydrogen) atoms. The molecule has 0 radical (unpaired) electrons. The fraction of sp³-hybridized carbons (Fsp3) is 0.240. The van der Waals surface area contributed by atoms with Crippen molar-refractivity contribution in [2.75, 3.05) is 25.1 Å². The third kappa shape index (κ3) is 5.51. The summed E-state index contributed by atoms with van der Waals surface area (Å²) in [5, 5.41) is 9.54. The Morgan fingerprint density at radius 1 is 1.06 bits per heavy atom. The molecule has 3 aromatic rings. The molecule has 1 aliphatic rings. The van der Waals surface area contributed by atoms with Gasteiger partial charge in [-0.2, -0.15) is 0 Å². The molecule has 2 amide bonds. The second-order valence-electron chi connectivity index (χ2n) is 7.82. The summed E-state index contributed by atoms with van der Waals surface area (Å²) >= 11 is 0. The molecule has 9 nitrogen and oxygen atoms in total. The minimum Gasteiger partial charge on any atom is -0.380 e. The fourth-order valence-electron chi connectivity index (χ4n) is 3.76. The van der Waals surface area contributed by atoms with Gasteiger partial charge >= 0.3 is 0 Å². The predicted octanol–water partition coefficient (Wildman–Crippen LogP) is 1.91. The standard InChI is InChI=1S/C25H28N6O3/c1-2-15-34-16-13-27-25(33)23-22(8-5-11-26-23)29-24(32)21-10-9-18(17-31-14-12-28-30-31)19-6-3-4-7-20(19)21/h3-12,14,28,30H,2,13,15-17H2,1H3,(H,27,33)(H,29,32)/p+1. The van der Waals surface area contributed by atoms with Gasteiger partial charge in [0, 0.05) is 24.9 Å². The van der Waals surface area contributed by atoms with Crippen molar-refractivity contribution in [3.05, 3.63) is 83.9 Å². The Kier molecular flexibility index (Phi) is 7.69. The first-order chi connectivity index (χ1) is 16.7. The lowest BCUT2D eigenvalue weighted by Crippen LogP contribution is -2.96. The van der Waals surface area contributed by atoms with Crippen LogP contribution in [-0.4, -0.2) is 41.6 Å². The van der Waals surface area contributed by atoms with Crippen molar-refractivity contribution in [1.82, 2.24) is 20.7 Å². The number of pyridine rings is 1. The number of nitrogens with zero attached hydrogens (tertiary/aromatic N) is 2. The Labute approximate surface area is 198 Å². The van der Waals surface area contributed by atoms with E-state index in [2.05, 4.69) is 21.0 Å². The van der Waals surface area contributed by atoms with E-state index in [0.717, 1.165) is 22.8 Å². The van der Waals surface area contributed by atoms with Gasteiger partial charge in [0.15, 0.2) is 5.69 Å². The number of hydrogen-bond acceptors (Lipinski definition) is 6. The zero-order valence-corrected chi connectivity index (χ0v) is 19.1. The fourth-order valence-corrected chi connectivity index (χ4v) is 3.76. The van der Waals surface area contributed by atoms with Gasteiger partial charge in [-0.05, 0) is 41.0 Å². The van der Waals surface area contributed by atoms with E-state index in [1.807, 2.05) is 66.3 Å². The molecule has 0 unspecified atom stereocenters. The Hall–Kier alpha value is -3.95. The average Bonchev–Trinajstić information content (AvgIpc) is 3.37. The SMILES string of the molecule is CCCOCCNC(=O)c1ncccc1NC(=O)c1ccc(CN2C=CN[NH2+]2)c2ccccc12. The highest BCUT2D eigenvalue weighted by Gasteiger charge is 2.18. The number of ether oxygens (including phenoxy) is 1. The van der Waals surface area contributed by atoms with E-state index >= 15 is 0 Å². The zero-order valence-electron chi connectivity index (χ0n) is 19.1. The summed E-state index contributed by atoms with van der Waals surface area (Å²) in [6.45, 7) is 4.15. The summed E-state index contributed by atoms with van der Waals surface area (Å²) < 4.78 is 5.40. The van der Waals surface area contributed by atoms with Crippen LogP contribution in [0.3, 0.4) is 0 Å². The molecule has 0 atom stereocenters. The molecule has 4 rings (SSSR count). The second-order valence-corrected chi connectivity index (χ2v) is 7.82. The van der Waals surface area contributed by atoms with Gasteiger partial charge in [0.25, 0.3) is 11.8 Å². The van der Waals surface area contributed by atoms with Gasteiger partial charge in [-0.25, -0.2) is 15.4 Å². The highest BCUT2D eigenvalue weighted by molar-refractivity contribution is 6.15. The Morgan fingerprint density at radius 3 is 2.71 bits per heavy atom. The Morgan fingerprint density at radius 2 is 1.91 bits per heavy atom. The summed E-state index contributed by atoms with van der Waals surface area (Å²) in [4.78, 5) is 30.1. The number of benzene rings is 2. The van der Waals surface area contributed by atoms with Gasteiger partial charge in [0.2, 0.25) is 0 Å². The molecule has 0 saturated carbocycles. The number of hydrogen-bond donors (Lipinski definition) is 4. The van der Waals surface area contributed by atoms with Crippen LogP contribution in [0.1, 0.15) is 39.8 Å². The predicted molar refractivity (Wildman–Crippen MR) is 129 cm³/mol. The minimum atomic E-state index is -0.361. The number of fused-ring (bicyclic) bond motifs is 1. The molecular formula is C25H29N6O3+. The number of carbonyl (C=O) groups is 2. The van der Waals surface area contributed by atoms with Gasteiger partial charge in [-0.3, -0.25) is 9.59 Å². The maximum absolute atomic E-state index is 13.3. The van der Waals surface area contributed by atoms with Crippen molar-refractivity contribution in [2.45, 2.75) is 19.9 Å². The Balaban J connectivity index is 1.52. The van der Waals surface area contributed by atoms with Gasteiger partial charge in [-0.1, -0.05) is 37.3 Å². The van der Waals surface area contributed by atoms with E-state index in [1.165, 1.54) is 6.20 Å². The number of carbonyl (C=O) groups excluding carboxylic acids is 2. The minimum absolute atomic E-state index is 0.163. The number of amides is 2. The van der Waals surface area contributed by atoms with Crippen LogP contribution in [0.2, 0.25) is 0 Å². The topological polar surface area (TPSA) is 112 Å². The molecule has 0 aliphatic carbocycles. The van der Waals surface area contributed by atoms with Crippen molar-refractivity contribution < 1.29 is 19.9 Å². The van der Waals surface area contributed by atoms with Crippen LogP contribution in [0.5, 0.6) is 0 Å². The summed E-state index contributed by atoms with van der Waals surface area (Å²) in [5.41, 5.74) is 7.08. The van der Waals surface area contributed by atoms with Crippen LogP contribution >= 0.6 is 0 Å². The smallest absolute Gasteiger partial charge is 0.272 e. The van der Waals surface area contributed by atoms with E-state index in [9.17, 15) is 9.59 Å². The number of nitrogens with two attached hydrogens (primary N) is 1. The van der Waals surface area contributed by atoms with Crippen molar-refractivity contribution in [1.29, 1.82) is 0 Å². The van der Waals surface area contributed by atoms with Crippen LogP contribution in [-0.2, 0) is 11.3 Å². The summed E-state index contributed by atoms with van der Waals surface area (Å²) in [7, 11) is 0. The molecule has 1 aliphatic heterocycles. The highest BCUT2D eigenvalue weighted by Crippen LogP contribution is 2.25. The average molecular weight is 462 g/mol. The van der Waals surface area contributed by atoms with Crippen LogP contribution < -0.4 is 21.6 Å². The monoisotopic (exact) mass is 461 g/mol. The van der Waals surface area contributed by atoms with Gasteiger partial charge in [0.1, 0.15) is 0 Å². The third-order valence-corrected chi connectivity index (χ3v) is 5.37. The number of quaternary nitrogens is 1. The normalized spacial score (nSPS) is 12.6. The van der Waals surface area contributed by atoms with Gasteiger partial charge in [0.05, 0.1) is 31.2 Å². The molecular weight excluding hydrogens is 432 g/mol. The number of nitrogens with one attached hydrogen (secondary N) is 3. The molecule has 0 spiro atoms. The summed E-state index contributed by atoms with van der Waals surface area (Å²) in [5.74, 6) is -0.662. The molecule has 9 heteroatoms. The lowest BCUT2D eigenvalue weighted by Gasteiger charge is -2.15. The van der Waals surface area contributed by atoms with E-state index in [1.54, 1.807) is 12.1 Å². The maximum atomic E-state index is 13.3. The van der Waals surface area contributed by atoms with E-state index < -0.39 is 0 Å². The van der Waals surface area contributed by atoms with E-state index in [0.29, 0.717) is 37.6 Å². The molecule has 176 valence electrons. The quantitative estimate of drug-likeness (QED) is 0.271. The molecule has 2 heterocycles. The van der Waals surface area contributed by atoms with Crippen molar-refractivity contribution in [2.24, 2.45) is 0 Å². The third-order valence-electron chi connectivity index (χ3n) is 5.37. The lowest BCUT2D eigenvalue weighted by molar-refractivity contribution is -0.824. The van der Waals surface area contributed by atoms with Crippen LogP contribution in [0.15, 0.2) is 67.1 Å².